The molecule has 0 aliphatic carbocycles. The maximum absolute atomic E-state index is 12.7. The van der Waals surface area contributed by atoms with Crippen LogP contribution in [0.4, 0.5) is 0 Å². The molecule has 0 radical (unpaired) electrons. The van der Waals surface area contributed by atoms with E-state index in [0.29, 0.717) is 12.8 Å². The fraction of sp³-hybridized carbons (Fsp3) is 0.627. The summed E-state index contributed by atoms with van der Waals surface area (Å²) < 4.78 is 17.1. The largest absolute Gasteiger partial charge is 0.544 e. The van der Waals surface area contributed by atoms with Crippen LogP contribution in [-0.4, -0.2) is 75.5 Å². The molecule has 0 fully saturated rings. The van der Waals surface area contributed by atoms with Crippen molar-refractivity contribution in [3.63, 3.8) is 0 Å². The van der Waals surface area contributed by atoms with E-state index in [-0.39, 0.29) is 42.7 Å². The molecule has 0 spiro atoms. The zero-order chi connectivity index (χ0) is 43.5. The minimum atomic E-state index is -1.14. The second-order valence-corrected chi connectivity index (χ2v) is 15.9. The van der Waals surface area contributed by atoms with Gasteiger partial charge in [-0.05, 0) is 77.0 Å². The summed E-state index contributed by atoms with van der Waals surface area (Å²) in [5.41, 5.74) is 0. The van der Waals surface area contributed by atoms with Crippen molar-refractivity contribution < 1.29 is 38.2 Å². The fourth-order valence-corrected chi connectivity index (χ4v) is 6.04. The number of rotatable bonds is 39. The highest BCUT2D eigenvalue weighted by atomic mass is 16.6. The van der Waals surface area contributed by atoms with Crippen molar-refractivity contribution in [3.8, 4) is 0 Å². The van der Waals surface area contributed by atoms with Crippen molar-refractivity contribution in [2.75, 3.05) is 41.0 Å². The summed E-state index contributed by atoms with van der Waals surface area (Å²) in [7, 11) is 5.38. The van der Waals surface area contributed by atoms with Crippen LogP contribution in [0.5, 0.6) is 0 Å². The van der Waals surface area contributed by atoms with Crippen LogP contribution in [0, 0.1) is 0 Å². The minimum Gasteiger partial charge on any atom is -0.544 e. The van der Waals surface area contributed by atoms with E-state index in [0.717, 1.165) is 103 Å². The van der Waals surface area contributed by atoms with Crippen LogP contribution in [0.1, 0.15) is 155 Å². The number of esters is 2. The van der Waals surface area contributed by atoms with Crippen LogP contribution in [0.2, 0.25) is 0 Å². The number of quaternary nitrogens is 1. The van der Waals surface area contributed by atoms with E-state index < -0.39 is 18.1 Å². The average molecular weight is 822 g/mol. The molecular formula is C51H83NO7. The maximum Gasteiger partial charge on any atom is 0.306 e. The number of carbonyl (C=O) groups is 3. The van der Waals surface area contributed by atoms with E-state index in [1.165, 1.54) is 19.3 Å². The Kier molecular flexibility index (Phi) is 38.4. The molecule has 0 N–H and O–H groups in total. The van der Waals surface area contributed by atoms with Gasteiger partial charge in [0.2, 0.25) is 0 Å². The second-order valence-electron chi connectivity index (χ2n) is 15.9. The standard InChI is InChI=1S/C51H83NO7/c1-6-8-10-12-14-16-18-20-22-23-24-25-26-28-29-31-33-35-37-39-41-49(53)58-46-47(45-57-44-43-48(51(55)56)52(3,4)5)59-50(54)42-40-38-36-34-32-30-27-21-19-17-15-13-11-9-7-2/h8-11,13-17,19-20,22,24-25,28-29,47-48H,6-7,12,18,21,23,26-27,30-46H2,1-5H3/b10-8+,11-9+,15-13+,16-14+,19-17+,22-20+,25-24+,29-28+. The number of aliphatic carboxylic acids is 1. The molecule has 0 heterocycles. The highest BCUT2D eigenvalue weighted by Gasteiger charge is 2.25. The molecule has 0 aliphatic rings. The summed E-state index contributed by atoms with van der Waals surface area (Å²) in [5, 5.41) is 11.6. The van der Waals surface area contributed by atoms with E-state index in [4.69, 9.17) is 14.2 Å². The lowest BCUT2D eigenvalue weighted by atomic mass is 10.1. The SMILES string of the molecule is CC/C=C/C=C/C=C/CCCCCCCCCC(=O)OC(COCCC(C(=O)[O-])[N+](C)(C)C)COC(=O)CCCCCC/C=C/C/C=C/C/C=C/C/C=C/C/C=C/CC. The first-order chi connectivity index (χ1) is 28.6. The molecule has 0 saturated carbocycles. The van der Waals surface area contributed by atoms with Crippen LogP contribution in [0.3, 0.4) is 0 Å². The van der Waals surface area contributed by atoms with Gasteiger partial charge in [0.15, 0.2) is 6.10 Å². The van der Waals surface area contributed by atoms with E-state index in [1.54, 1.807) is 21.1 Å². The third-order valence-electron chi connectivity index (χ3n) is 9.53. The van der Waals surface area contributed by atoms with E-state index >= 15 is 0 Å². The summed E-state index contributed by atoms with van der Waals surface area (Å²) in [6, 6.07) is -0.738. The second kappa shape index (κ2) is 41.0. The summed E-state index contributed by atoms with van der Waals surface area (Å²) in [5.74, 6) is -1.80. The number of allylic oxidation sites excluding steroid dienone is 16. The predicted molar refractivity (Wildman–Crippen MR) is 245 cm³/mol. The molecule has 0 aliphatic heterocycles. The number of nitrogens with zero attached hydrogens (tertiary/aromatic N) is 1. The first-order valence-corrected chi connectivity index (χ1v) is 22.8. The van der Waals surface area contributed by atoms with E-state index in [9.17, 15) is 19.5 Å². The van der Waals surface area contributed by atoms with Gasteiger partial charge in [-0.1, -0.05) is 156 Å². The summed E-state index contributed by atoms with van der Waals surface area (Å²) in [4.78, 5) is 36.9. The number of hydrogen-bond acceptors (Lipinski definition) is 7. The normalized spacial score (nSPS) is 13.8. The zero-order valence-electron chi connectivity index (χ0n) is 37.9. The molecule has 0 aromatic rings. The van der Waals surface area contributed by atoms with Crippen molar-refractivity contribution in [2.24, 2.45) is 0 Å². The van der Waals surface area contributed by atoms with Crippen LogP contribution in [0.25, 0.3) is 0 Å². The Balaban J connectivity index is 4.40. The van der Waals surface area contributed by atoms with Crippen LogP contribution in [0.15, 0.2) is 97.2 Å². The van der Waals surface area contributed by atoms with Crippen molar-refractivity contribution >= 4 is 17.9 Å². The van der Waals surface area contributed by atoms with Crippen LogP contribution in [-0.2, 0) is 28.6 Å². The predicted octanol–water partition coefficient (Wildman–Crippen LogP) is 11.4. The molecule has 0 amide bonds. The van der Waals surface area contributed by atoms with Gasteiger partial charge < -0.3 is 28.6 Å². The number of carboxylic acids is 1. The molecule has 2 atom stereocenters. The third-order valence-corrected chi connectivity index (χ3v) is 9.53. The summed E-state index contributed by atoms with van der Waals surface area (Å²) in [6.45, 7) is 4.36. The van der Waals surface area contributed by atoms with Crippen LogP contribution < -0.4 is 5.11 Å². The third kappa shape index (κ3) is 39.5. The average Bonchev–Trinajstić information content (AvgIpc) is 3.19. The highest BCUT2D eigenvalue weighted by Crippen LogP contribution is 2.13. The van der Waals surface area contributed by atoms with Crippen molar-refractivity contribution in [1.82, 2.24) is 0 Å². The van der Waals surface area contributed by atoms with E-state index in [1.807, 2.05) is 0 Å². The number of unbranched alkanes of at least 4 members (excludes halogenated alkanes) is 11. The summed E-state index contributed by atoms with van der Waals surface area (Å²) in [6.07, 6.45) is 54.3. The lowest BCUT2D eigenvalue weighted by molar-refractivity contribution is -0.889. The van der Waals surface area contributed by atoms with Crippen molar-refractivity contribution in [2.45, 2.75) is 167 Å². The molecule has 0 aromatic heterocycles. The molecule has 8 heteroatoms. The Hall–Kier alpha value is -3.75. The minimum absolute atomic E-state index is 0.0209. The van der Waals surface area contributed by atoms with Crippen molar-refractivity contribution in [3.05, 3.63) is 97.2 Å². The maximum atomic E-state index is 12.7. The van der Waals surface area contributed by atoms with Gasteiger partial charge in [-0.25, -0.2) is 0 Å². The zero-order valence-corrected chi connectivity index (χ0v) is 37.9. The van der Waals surface area contributed by atoms with Gasteiger partial charge in [-0.15, -0.1) is 0 Å². The number of carbonyl (C=O) groups excluding carboxylic acids is 3. The molecule has 0 aromatic carbocycles. The fourth-order valence-electron chi connectivity index (χ4n) is 6.04. The monoisotopic (exact) mass is 822 g/mol. The van der Waals surface area contributed by atoms with Gasteiger partial charge in [0.25, 0.3) is 0 Å². The molecular weight excluding hydrogens is 739 g/mol. The molecule has 334 valence electrons. The van der Waals surface area contributed by atoms with Crippen LogP contribution >= 0.6 is 0 Å². The molecule has 0 saturated heterocycles. The lowest BCUT2D eigenvalue weighted by Gasteiger charge is -2.34. The van der Waals surface area contributed by atoms with Gasteiger partial charge in [0.05, 0.1) is 40.3 Å². The number of likely N-dealkylation sites (N-methyl/N-ethyl adjacent to an activating group) is 1. The molecule has 0 rings (SSSR count). The summed E-state index contributed by atoms with van der Waals surface area (Å²) >= 11 is 0. The molecule has 0 bridgehead atoms. The Labute approximate surface area is 360 Å². The van der Waals surface area contributed by atoms with Crippen molar-refractivity contribution in [1.29, 1.82) is 0 Å². The highest BCUT2D eigenvalue weighted by molar-refractivity contribution is 5.70. The Morgan fingerprint density at radius 1 is 0.525 bits per heavy atom. The first-order valence-electron chi connectivity index (χ1n) is 22.8. The first kappa shape index (κ1) is 55.2. The number of hydrogen-bond donors (Lipinski definition) is 0. The van der Waals surface area contributed by atoms with Gasteiger partial charge in [-0.2, -0.15) is 0 Å². The van der Waals surface area contributed by atoms with Gasteiger partial charge in [0.1, 0.15) is 12.6 Å². The van der Waals surface area contributed by atoms with Gasteiger partial charge in [0, 0.05) is 19.3 Å². The van der Waals surface area contributed by atoms with E-state index in [2.05, 4.69) is 111 Å². The lowest BCUT2D eigenvalue weighted by Crippen LogP contribution is -2.55. The topological polar surface area (TPSA) is 102 Å². The number of carboxylic acid groups (broad SMARTS) is 1. The molecule has 8 nitrogen and oxygen atoms in total. The Morgan fingerprint density at radius 3 is 1.51 bits per heavy atom. The Morgan fingerprint density at radius 2 is 0.983 bits per heavy atom. The Bertz CT molecular complexity index is 1280. The van der Waals surface area contributed by atoms with Gasteiger partial charge in [-0.3, -0.25) is 9.59 Å². The van der Waals surface area contributed by atoms with Gasteiger partial charge >= 0.3 is 11.9 Å². The smallest absolute Gasteiger partial charge is 0.306 e. The molecule has 2 unspecified atom stereocenters. The quantitative estimate of drug-likeness (QED) is 0.0200. The number of ether oxygens (including phenoxy) is 3. The molecule has 59 heavy (non-hydrogen) atoms.